The zero-order chi connectivity index (χ0) is 29.8. The fourth-order valence-electron chi connectivity index (χ4n) is 5.91. The normalized spacial score (nSPS) is 24.2. The van der Waals surface area contributed by atoms with Gasteiger partial charge in [0.2, 0.25) is 11.8 Å². The summed E-state index contributed by atoms with van der Waals surface area (Å²) in [4.78, 5) is 42.6. The van der Waals surface area contributed by atoms with E-state index < -0.39 is 23.4 Å². The average Bonchev–Trinajstić information content (AvgIpc) is 2.95. The Kier molecular flexibility index (Phi) is 9.22. The number of amides is 2. The first kappa shape index (κ1) is 30.3. The second-order valence-corrected chi connectivity index (χ2v) is 12.0. The van der Waals surface area contributed by atoms with E-state index in [1.54, 1.807) is 12.0 Å². The summed E-state index contributed by atoms with van der Waals surface area (Å²) in [5.74, 6) is -0.849. The first-order chi connectivity index (χ1) is 19.5. The number of nitrogens with one attached hydrogen (secondary N) is 1. The van der Waals surface area contributed by atoms with E-state index in [-0.39, 0.29) is 42.7 Å². The van der Waals surface area contributed by atoms with Gasteiger partial charge in [0.25, 0.3) is 0 Å². The monoisotopic (exact) mass is 562 g/mol. The Morgan fingerprint density at radius 3 is 2.41 bits per heavy atom. The molecule has 0 aromatic heterocycles. The predicted molar refractivity (Wildman–Crippen MR) is 156 cm³/mol. The minimum atomic E-state index is -1.22. The predicted octanol–water partition coefficient (Wildman–Crippen LogP) is 4.67. The molecule has 2 amide bonds. The second-order valence-electron chi connectivity index (χ2n) is 12.0. The van der Waals surface area contributed by atoms with Crippen LogP contribution in [0, 0.1) is 16.7 Å². The summed E-state index contributed by atoms with van der Waals surface area (Å²) < 4.78 is 17.2. The summed E-state index contributed by atoms with van der Waals surface area (Å²) in [6.07, 6.45) is 1.71. The molecule has 0 aliphatic carbocycles. The number of rotatable bonds is 9. The summed E-state index contributed by atoms with van der Waals surface area (Å²) in [6.45, 7) is 8.74. The maximum atomic E-state index is 14.1. The van der Waals surface area contributed by atoms with Crippen LogP contribution in [-0.2, 0) is 36.8 Å². The minimum Gasteiger partial charge on any atom is -0.496 e. The highest BCUT2D eigenvalue weighted by Gasteiger charge is 2.60. The maximum Gasteiger partial charge on any atom is 0.320 e. The van der Waals surface area contributed by atoms with Gasteiger partial charge in [-0.05, 0) is 48.4 Å². The zero-order valence-corrected chi connectivity index (χ0v) is 24.9. The summed E-state index contributed by atoms with van der Waals surface area (Å²) in [6, 6.07) is 17.3. The van der Waals surface area contributed by atoms with Crippen LogP contribution >= 0.6 is 0 Å². The number of carbonyl (C=O) groups excluding carboxylic acids is 3. The molecule has 2 aliphatic heterocycles. The summed E-state index contributed by atoms with van der Waals surface area (Å²) in [5.41, 5.74) is 1.03. The van der Waals surface area contributed by atoms with Gasteiger partial charge < -0.3 is 24.4 Å². The van der Waals surface area contributed by atoms with E-state index in [0.717, 1.165) is 16.9 Å². The Balaban J connectivity index is 1.63. The number of hydrogen-bond acceptors (Lipinski definition) is 6. The van der Waals surface area contributed by atoms with Crippen LogP contribution in [0.1, 0.15) is 51.7 Å². The van der Waals surface area contributed by atoms with Crippen molar-refractivity contribution >= 4 is 17.8 Å². The molecule has 0 bridgehead atoms. The molecule has 0 spiro atoms. The Bertz CT molecular complexity index is 1280. The van der Waals surface area contributed by atoms with Gasteiger partial charge in [-0.1, -0.05) is 69.3 Å². The summed E-state index contributed by atoms with van der Waals surface area (Å²) in [7, 11) is 2.97. The van der Waals surface area contributed by atoms with Crippen molar-refractivity contribution < 1.29 is 28.6 Å². The number of para-hydroxylation sites is 1. The van der Waals surface area contributed by atoms with Gasteiger partial charge in [0.05, 0.1) is 33.0 Å². The lowest BCUT2D eigenvalue weighted by Crippen LogP contribution is -2.61. The number of hydrogen-bond donors (Lipinski definition) is 1. The van der Waals surface area contributed by atoms with Crippen LogP contribution < -0.4 is 10.1 Å². The van der Waals surface area contributed by atoms with Gasteiger partial charge in [0.15, 0.2) is 0 Å². The van der Waals surface area contributed by atoms with E-state index in [0.29, 0.717) is 18.7 Å². The van der Waals surface area contributed by atoms with Gasteiger partial charge in [-0.25, -0.2) is 0 Å². The van der Waals surface area contributed by atoms with E-state index in [1.807, 2.05) is 67.6 Å². The third-order valence-electron chi connectivity index (χ3n) is 8.21. The van der Waals surface area contributed by atoms with E-state index in [4.69, 9.17) is 14.2 Å². The number of nitrogens with zero attached hydrogens (tertiary/aromatic N) is 1. The van der Waals surface area contributed by atoms with Crippen molar-refractivity contribution in [1.82, 2.24) is 10.2 Å². The molecule has 8 nitrogen and oxygen atoms in total. The molecule has 2 heterocycles. The van der Waals surface area contributed by atoms with Gasteiger partial charge in [-0.3, -0.25) is 14.4 Å². The number of ether oxygens (including phenoxy) is 3. The molecule has 2 aromatic rings. The van der Waals surface area contributed by atoms with Crippen LogP contribution in [-0.4, -0.2) is 55.7 Å². The minimum absolute atomic E-state index is 0.0442. The van der Waals surface area contributed by atoms with Crippen molar-refractivity contribution in [3.63, 3.8) is 0 Å². The zero-order valence-electron chi connectivity index (χ0n) is 24.9. The molecule has 1 fully saturated rings. The smallest absolute Gasteiger partial charge is 0.320 e. The first-order valence-corrected chi connectivity index (χ1v) is 14.2. The fraction of sp³-hybridized carbons (Fsp3) is 0.485. The highest BCUT2D eigenvalue weighted by Crippen LogP contribution is 2.52. The van der Waals surface area contributed by atoms with Crippen LogP contribution in [0.3, 0.4) is 0 Å². The molecule has 1 N–H and O–H groups in total. The van der Waals surface area contributed by atoms with Crippen LogP contribution in [0.2, 0.25) is 0 Å². The molecule has 4 rings (SSSR count). The van der Waals surface area contributed by atoms with Gasteiger partial charge in [0, 0.05) is 24.6 Å². The topological polar surface area (TPSA) is 94.2 Å². The lowest BCUT2D eigenvalue weighted by molar-refractivity contribution is -0.180. The largest absolute Gasteiger partial charge is 0.496 e. The first-order valence-electron chi connectivity index (χ1n) is 14.2. The van der Waals surface area contributed by atoms with Gasteiger partial charge in [-0.15, -0.1) is 0 Å². The van der Waals surface area contributed by atoms with Crippen molar-refractivity contribution in [2.45, 2.75) is 65.7 Å². The summed E-state index contributed by atoms with van der Waals surface area (Å²) in [5, 5.41) is 2.95. The van der Waals surface area contributed by atoms with E-state index >= 15 is 0 Å². The molecular formula is C33H42N2O6. The van der Waals surface area contributed by atoms with Crippen molar-refractivity contribution in [1.29, 1.82) is 0 Å². The van der Waals surface area contributed by atoms with Crippen LogP contribution in [0.15, 0.2) is 66.4 Å². The SMILES string of the molecule is COC(=O)[C@]12C[C@H](CC(=O)NCCc3ccccc3OC)C(=O)N(Cc3ccccc3)C1=C[C@H](C(C)(C)C)O[C@@H]2C. The molecule has 2 aliphatic rings. The third-order valence-corrected chi connectivity index (χ3v) is 8.21. The van der Waals surface area contributed by atoms with Gasteiger partial charge >= 0.3 is 5.97 Å². The maximum absolute atomic E-state index is 14.1. The van der Waals surface area contributed by atoms with E-state index in [1.165, 1.54) is 7.11 Å². The van der Waals surface area contributed by atoms with E-state index in [9.17, 15) is 14.4 Å². The highest BCUT2D eigenvalue weighted by molar-refractivity contribution is 5.92. The molecule has 2 aromatic carbocycles. The lowest BCUT2D eigenvalue weighted by atomic mass is 9.65. The molecule has 41 heavy (non-hydrogen) atoms. The Hall–Kier alpha value is -3.65. The molecule has 1 saturated heterocycles. The number of fused-ring (bicyclic) bond motifs is 1. The van der Waals surface area contributed by atoms with Crippen LogP contribution in [0.5, 0.6) is 5.75 Å². The van der Waals surface area contributed by atoms with Gasteiger partial charge in [0.1, 0.15) is 11.2 Å². The van der Waals surface area contributed by atoms with Crippen LogP contribution in [0.4, 0.5) is 0 Å². The molecule has 0 radical (unpaired) electrons. The second kappa shape index (κ2) is 12.5. The summed E-state index contributed by atoms with van der Waals surface area (Å²) >= 11 is 0. The standard InChI is InChI=1S/C33H42N2O6/c1-22-33(31(38)40-6)20-25(18-29(36)34-17-16-24-14-10-11-15-26(24)39-5)30(37)35(21-23-12-8-7-9-13-23)27(33)19-28(41-22)32(2,3)4/h7-15,19,22,25,28H,16-18,20-21H2,1-6H3,(H,34,36)/t22-,25+,28-,33+/m1/s1. The Labute approximate surface area is 243 Å². The Morgan fingerprint density at radius 2 is 1.76 bits per heavy atom. The molecule has 220 valence electrons. The molecular weight excluding hydrogens is 520 g/mol. The van der Waals surface area contributed by atoms with E-state index in [2.05, 4.69) is 26.1 Å². The average molecular weight is 563 g/mol. The van der Waals surface area contributed by atoms with Crippen molar-refractivity contribution in [3.8, 4) is 5.75 Å². The number of carbonyl (C=O) groups is 3. The van der Waals surface area contributed by atoms with Gasteiger partial charge in [-0.2, -0.15) is 0 Å². The van der Waals surface area contributed by atoms with Crippen molar-refractivity contribution in [2.24, 2.45) is 16.7 Å². The number of likely N-dealkylation sites (tertiary alicyclic amines) is 1. The molecule has 0 unspecified atom stereocenters. The highest BCUT2D eigenvalue weighted by atomic mass is 16.5. The Morgan fingerprint density at radius 1 is 1.07 bits per heavy atom. The van der Waals surface area contributed by atoms with Crippen molar-refractivity contribution in [3.05, 3.63) is 77.5 Å². The third kappa shape index (κ3) is 6.32. The fourth-order valence-corrected chi connectivity index (χ4v) is 5.91. The van der Waals surface area contributed by atoms with Crippen molar-refractivity contribution in [2.75, 3.05) is 20.8 Å². The lowest BCUT2D eigenvalue weighted by Gasteiger charge is -2.53. The molecule has 0 saturated carbocycles. The van der Waals surface area contributed by atoms with Crippen LogP contribution in [0.25, 0.3) is 0 Å². The number of piperidine rings is 1. The number of methoxy groups -OCH3 is 2. The molecule has 4 atom stereocenters. The number of esters is 1. The quantitative estimate of drug-likeness (QED) is 0.447. The molecule has 8 heteroatoms. The number of benzene rings is 2.